The average Bonchev–Trinajstić information content (AvgIpc) is 3.79. The van der Waals surface area contributed by atoms with Crippen LogP contribution in [-0.4, -0.2) is 147 Å². The Morgan fingerprint density at radius 3 is 2.46 bits per heavy atom. The number of unbranched alkanes of at least 4 members (excludes halogenated alkanes) is 2. The van der Waals surface area contributed by atoms with Crippen LogP contribution in [0.2, 0.25) is 0 Å². The Hall–Kier alpha value is -3.25. The number of aliphatic hydroxyl groups is 1. The van der Waals surface area contributed by atoms with Gasteiger partial charge in [-0.3, -0.25) is 24.2 Å². The molecule has 0 aromatic carbocycles. The van der Waals surface area contributed by atoms with Crippen molar-refractivity contribution in [1.82, 2.24) is 35.1 Å². The van der Waals surface area contributed by atoms with Gasteiger partial charge in [0.15, 0.2) is 18.2 Å². The molecule has 3 aliphatic rings. The van der Waals surface area contributed by atoms with Crippen LogP contribution in [0.25, 0.3) is 11.4 Å². The van der Waals surface area contributed by atoms with Gasteiger partial charge < -0.3 is 39.0 Å². The van der Waals surface area contributed by atoms with Gasteiger partial charge in [0.05, 0.1) is 29.7 Å². The van der Waals surface area contributed by atoms with Gasteiger partial charge in [-0.05, 0) is 105 Å². The third kappa shape index (κ3) is 10.6. The van der Waals surface area contributed by atoms with Crippen LogP contribution in [0.1, 0.15) is 87.0 Å². The number of alkyl halides is 1. The molecule has 16 nitrogen and oxygen atoms in total. The molecule has 13 atom stereocenters. The fourth-order valence-electron chi connectivity index (χ4n) is 8.96. The minimum Gasteiger partial charge on any atom is -0.456 e. The Balaban J connectivity index is 1.35. The number of hydrogen-bond acceptors (Lipinski definition) is 14. The van der Waals surface area contributed by atoms with Crippen molar-refractivity contribution in [3.63, 3.8) is 0 Å². The highest BCUT2D eigenvalue weighted by atomic mass is 35.5. The summed E-state index contributed by atoms with van der Waals surface area (Å²) < 4.78 is 32.9. The van der Waals surface area contributed by atoms with Crippen molar-refractivity contribution < 1.29 is 43.2 Å². The van der Waals surface area contributed by atoms with Crippen LogP contribution in [0.3, 0.4) is 0 Å². The summed E-state index contributed by atoms with van der Waals surface area (Å²) in [5.74, 6) is -3.39. The lowest BCUT2D eigenvalue weighted by Gasteiger charge is -2.46. The zero-order chi connectivity index (χ0) is 43.2. The molecular weight excluding hydrogens is 782 g/mol. The van der Waals surface area contributed by atoms with Gasteiger partial charge in [0.2, 0.25) is 5.06 Å². The summed E-state index contributed by atoms with van der Waals surface area (Å²) in [5.41, 5.74) is 0.390. The molecule has 3 aliphatic heterocycles. The van der Waals surface area contributed by atoms with Gasteiger partial charge in [0.1, 0.15) is 23.8 Å². The number of ketones is 1. The lowest BCUT2D eigenvalue weighted by Crippen LogP contribution is -2.59. The summed E-state index contributed by atoms with van der Waals surface area (Å²) in [6, 6.07) is 4.27. The van der Waals surface area contributed by atoms with E-state index >= 15 is 0 Å². The molecule has 5 rings (SSSR count). The molecule has 0 saturated carbocycles. The SMILES string of the molecule is CC[C@H]1OC(=O)[C@H](C)C(=O)[C@H](C)[C@@H](O[C@@H]2O[C@H](C)CC(N(C)C)C2O)[C@](C)(OC)C[C@@H](C)CN[C@H](C)[C@H]2N(CCCCCn3cc(-c4ccccn4)nn3)C(=O)O[C@]12Cl. The Kier molecular flexibility index (Phi) is 15.9. The van der Waals surface area contributed by atoms with Crippen molar-refractivity contribution in [1.29, 1.82) is 0 Å². The maximum absolute atomic E-state index is 14.3. The van der Waals surface area contributed by atoms with Crippen LogP contribution in [0.4, 0.5) is 4.79 Å². The van der Waals surface area contributed by atoms with Gasteiger partial charge in [-0.2, -0.15) is 0 Å². The summed E-state index contributed by atoms with van der Waals surface area (Å²) in [6.07, 6.45) is 2.22. The fourth-order valence-corrected chi connectivity index (χ4v) is 9.53. The van der Waals surface area contributed by atoms with Crippen LogP contribution in [0, 0.1) is 17.8 Å². The third-order valence-electron chi connectivity index (χ3n) is 12.4. The number of nitrogens with zero attached hydrogens (tertiary/aromatic N) is 6. The Morgan fingerprint density at radius 1 is 1.07 bits per heavy atom. The van der Waals surface area contributed by atoms with E-state index in [-0.39, 0.29) is 24.5 Å². The molecular formula is C42H66ClN7O9. The number of esters is 1. The van der Waals surface area contributed by atoms with Crippen molar-refractivity contribution >= 4 is 29.4 Å². The van der Waals surface area contributed by atoms with Gasteiger partial charge in [0.25, 0.3) is 0 Å². The summed E-state index contributed by atoms with van der Waals surface area (Å²) in [4.78, 5) is 49.9. The number of hydrogen-bond donors (Lipinski definition) is 2. The number of cyclic esters (lactones) is 1. The highest BCUT2D eigenvalue weighted by Crippen LogP contribution is 2.42. The number of Topliss-reactive ketones (excluding diaryl/α,β-unsaturated/α-hetero) is 1. The zero-order valence-electron chi connectivity index (χ0n) is 36.4. The van der Waals surface area contributed by atoms with E-state index in [0.29, 0.717) is 44.6 Å². The molecule has 0 bridgehead atoms. The van der Waals surface area contributed by atoms with E-state index in [1.165, 1.54) is 6.92 Å². The fraction of sp³-hybridized carbons (Fsp3) is 0.762. The molecule has 0 radical (unpaired) electrons. The molecule has 2 N–H and O–H groups in total. The maximum atomic E-state index is 14.3. The predicted octanol–water partition coefficient (Wildman–Crippen LogP) is 4.66. The van der Waals surface area contributed by atoms with E-state index < -0.39 is 77.0 Å². The molecule has 5 heterocycles. The molecule has 2 unspecified atom stereocenters. The minimum absolute atomic E-state index is 0.0463. The largest absolute Gasteiger partial charge is 0.456 e. The number of likely N-dealkylation sites (N-methyl/N-ethyl adjacent to an activating group) is 1. The second-order valence-corrected chi connectivity index (χ2v) is 17.8. The second-order valence-electron chi connectivity index (χ2n) is 17.2. The second kappa shape index (κ2) is 20.1. The van der Waals surface area contributed by atoms with E-state index in [9.17, 15) is 19.5 Å². The van der Waals surface area contributed by atoms with Crippen LogP contribution in [0.15, 0.2) is 30.6 Å². The number of rotatable bonds is 12. The summed E-state index contributed by atoms with van der Waals surface area (Å²) in [5, 5.41) is 21.8. The van der Waals surface area contributed by atoms with E-state index in [1.54, 1.807) is 36.7 Å². The smallest absolute Gasteiger partial charge is 0.412 e. The van der Waals surface area contributed by atoms with Gasteiger partial charge in [0, 0.05) is 44.4 Å². The quantitative estimate of drug-likeness (QED) is 0.130. The number of amides is 1. The summed E-state index contributed by atoms with van der Waals surface area (Å²) in [7, 11) is 5.36. The Labute approximate surface area is 353 Å². The molecule has 59 heavy (non-hydrogen) atoms. The highest BCUT2D eigenvalue weighted by molar-refractivity contribution is 6.25. The average molecular weight is 848 g/mol. The molecule has 3 fully saturated rings. The van der Waals surface area contributed by atoms with Gasteiger partial charge >= 0.3 is 12.1 Å². The number of aliphatic hydroxyl groups excluding tert-OH is 1. The molecule has 330 valence electrons. The highest BCUT2D eigenvalue weighted by Gasteiger charge is 2.61. The standard InChI is InChI=1S/C42H66ClN7O9/c1-11-33-42(43)36(50(40(54)59-42)20-16-12-15-19-49-24-31(46-47-49)30-17-13-14-18-44-30)29(6)45-23-25(2)22-41(7,55-10)37(27(4)34(51)28(5)38(53)57-33)58-39-35(52)32(48(8)9)21-26(3)56-39/h13-14,17-18,24-29,32-33,35-37,39,45,52H,11-12,15-16,19-23H2,1-10H3/t25-,26-,27+,28-,29-,32?,33-,35?,36-,37-,39+,41-,42-/m1/s1. The maximum Gasteiger partial charge on any atom is 0.412 e. The number of aromatic nitrogens is 4. The summed E-state index contributed by atoms with van der Waals surface area (Å²) in [6.45, 7) is 14.3. The molecule has 1 amide bonds. The Bertz CT molecular complexity index is 1700. The van der Waals surface area contributed by atoms with Crippen molar-refractivity contribution in [3.8, 4) is 11.4 Å². The topological polar surface area (TPSA) is 180 Å². The molecule has 2 aromatic heterocycles. The van der Waals surface area contributed by atoms with Crippen LogP contribution in [-0.2, 0) is 39.8 Å². The zero-order valence-corrected chi connectivity index (χ0v) is 37.1. The number of pyridine rings is 1. The van der Waals surface area contributed by atoms with Crippen molar-refractivity contribution in [2.24, 2.45) is 17.8 Å². The normalized spacial score (nSPS) is 36.5. The van der Waals surface area contributed by atoms with E-state index in [0.717, 1.165) is 18.5 Å². The van der Waals surface area contributed by atoms with E-state index in [2.05, 4.69) is 27.5 Å². The molecule has 0 spiro atoms. The monoisotopic (exact) mass is 847 g/mol. The number of aryl methyl sites for hydroxylation is 1. The van der Waals surface area contributed by atoms with E-state index in [4.69, 9.17) is 35.3 Å². The first kappa shape index (κ1) is 46.8. The first-order valence-electron chi connectivity index (χ1n) is 21.1. The van der Waals surface area contributed by atoms with Crippen LogP contribution >= 0.6 is 11.6 Å². The Morgan fingerprint density at radius 2 is 1.80 bits per heavy atom. The minimum atomic E-state index is -1.74. The van der Waals surface area contributed by atoms with Gasteiger partial charge in [-0.25, -0.2) is 4.79 Å². The first-order chi connectivity index (χ1) is 27.9. The van der Waals surface area contributed by atoms with Crippen LogP contribution in [0.5, 0.6) is 0 Å². The number of fused-ring (bicyclic) bond motifs is 1. The van der Waals surface area contributed by atoms with Gasteiger partial charge in [-0.1, -0.05) is 43.7 Å². The van der Waals surface area contributed by atoms with Gasteiger partial charge in [-0.15, -0.1) is 5.10 Å². The number of ether oxygens (including phenoxy) is 5. The van der Waals surface area contributed by atoms with Crippen molar-refractivity contribution in [3.05, 3.63) is 30.6 Å². The lowest BCUT2D eigenvalue weighted by molar-refractivity contribution is -0.295. The lowest BCUT2D eigenvalue weighted by atomic mass is 9.78. The van der Waals surface area contributed by atoms with Crippen LogP contribution < -0.4 is 5.32 Å². The number of nitrogens with one attached hydrogen (secondary N) is 1. The number of halogens is 1. The van der Waals surface area contributed by atoms with Crippen molar-refractivity contribution in [2.75, 3.05) is 34.3 Å². The number of carbonyl (C=O) groups excluding carboxylic acids is 3. The number of carbonyl (C=O) groups is 3. The molecule has 2 aromatic rings. The number of methoxy groups -OCH3 is 1. The third-order valence-corrected chi connectivity index (χ3v) is 12.9. The van der Waals surface area contributed by atoms with Crippen molar-refractivity contribution in [2.45, 2.75) is 153 Å². The van der Waals surface area contributed by atoms with E-state index in [1.807, 2.05) is 64.2 Å². The predicted molar refractivity (Wildman–Crippen MR) is 220 cm³/mol. The first-order valence-corrected chi connectivity index (χ1v) is 21.5. The molecule has 0 aliphatic carbocycles. The molecule has 3 saturated heterocycles. The summed E-state index contributed by atoms with van der Waals surface area (Å²) >= 11 is 7.38. The molecule has 17 heteroatoms.